The van der Waals surface area contributed by atoms with Gasteiger partial charge in [0.05, 0.1) is 17.1 Å². The highest BCUT2D eigenvalue weighted by molar-refractivity contribution is 6.03. The van der Waals surface area contributed by atoms with Crippen molar-refractivity contribution in [3.63, 3.8) is 0 Å². The number of imidazole rings is 1. The molecule has 0 bridgehead atoms. The highest BCUT2D eigenvalue weighted by Crippen LogP contribution is 2.29. The summed E-state index contributed by atoms with van der Waals surface area (Å²) in [4.78, 5) is 27.7. The van der Waals surface area contributed by atoms with Crippen LogP contribution in [0.5, 0.6) is 5.75 Å². The van der Waals surface area contributed by atoms with Gasteiger partial charge < -0.3 is 15.8 Å². The zero-order chi connectivity index (χ0) is 18.3. The van der Waals surface area contributed by atoms with Crippen molar-refractivity contribution in [3.05, 3.63) is 42.2 Å². The summed E-state index contributed by atoms with van der Waals surface area (Å²) in [5.41, 5.74) is 7.18. The summed E-state index contributed by atoms with van der Waals surface area (Å²) in [6, 6.07) is 7.39. The molecule has 1 saturated heterocycles. The Hall–Kier alpha value is -3.09. The normalized spacial score (nSPS) is 19.8. The first kappa shape index (κ1) is 16.4. The van der Waals surface area contributed by atoms with Crippen LogP contribution < -0.4 is 15.8 Å². The number of nitrogens with two attached hydrogens (primary N) is 1. The third kappa shape index (κ3) is 2.65. The van der Waals surface area contributed by atoms with Gasteiger partial charge in [0.25, 0.3) is 5.91 Å². The van der Waals surface area contributed by atoms with Crippen molar-refractivity contribution >= 4 is 28.4 Å². The summed E-state index contributed by atoms with van der Waals surface area (Å²) in [6.07, 6.45) is 4.88. The fraction of sp³-hybridized carbons (Fsp3) is 0.316. The number of carbonyl (C=O) groups is 2. The van der Waals surface area contributed by atoms with Crippen LogP contribution in [0.4, 0.5) is 0 Å². The van der Waals surface area contributed by atoms with Gasteiger partial charge in [0.1, 0.15) is 18.0 Å². The second-order valence-corrected chi connectivity index (χ2v) is 6.59. The molecule has 1 aliphatic rings. The van der Waals surface area contributed by atoms with E-state index < -0.39 is 5.91 Å². The van der Waals surface area contributed by atoms with E-state index in [2.05, 4.69) is 17.2 Å². The summed E-state index contributed by atoms with van der Waals surface area (Å²) < 4.78 is 7.90. The summed E-state index contributed by atoms with van der Waals surface area (Å²) in [5, 5.41) is 3.82. The second kappa shape index (κ2) is 6.33. The van der Waals surface area contributed by atoms with E-state index in [0.29, 0.717) is 30.0 Å². The standard InChI is InChI=1S/C19H20N4O3/c1-2-11-9-16(24)22-14(11)10-26-15-5-3-4-12-8-13(18(20)25)19-21-6-7-23(19)17(12)15/h3-8,11,14H,2,9-10H2,1H3,(H2,20,25)(H,22,24)/t11-,14?/m1/s1. The Morgan fingerprint density at radius 2 is 2.31 bits per heavy atom. The molecule has 134 valence electrons. The Balaban J connectivity index is 1.73. The van der Waals surface area contributed by atoms with E-state index in [1.165, 1.54) is 0 Å². The summed E-state index contributed by atoms with van der Waals surface area (Å²) >= 11 is 0. The number of nitrogens with one attached hydrogen (secondary N) is 1. The second-order valence-electron chi connectivity index (χ2n) is 6.59. The maximum atomic E-state index is 11.7. The SMILES string of the molecule is CC[C@@H]1CC(=O)NC1COc1cccc2cc(C(N)=O)c3nccn3c12. The van der Waals surface area contributed by atoms with Gasteiger partial charge in [-0.05, 0) is 18.1 Å². The van der Waals surface area contributed by atoms with Gasteiger partial charge in [-0.15, -0.1) is 0 Å². The average molecular weight is 352 g/mol. The van der Waals surface area contributed by atoms with Crippen LogP contribution in [0.3, 0.4) is 0 Å². The van der Waals surface area contributed by atoms with Crippen LogP contribution in [-0.4, -0.2) is 33.8 Å². The van der Waals surface area contributed by atoms with Crippen molar-refractivity contribution in [2.75, 3.05) is 6.61 Å². The Kier molecular flexibility index (Phi) is 3.99. The van der Waals surface area contributed by atoms with E-state index in [0.717, 1.165) is 17.3 Å². The number of rotatable bonds is 5. The predicted octanol–water partition coefficient (Wildman–Crippen LogP) is 1.88. The molecule has 4 rings (SSSR count). The van der Waals surface area contributed by atoms with Crippen molar-refractivity contribution in [2.45, 2.75) is 25.8 Å². The lowest BCUT2D eigenvalue weighted by molar-refractivity contribution is -0.119. The monoisotopic (exact) mass is 352 g/mol. The molecule has 26 heavy (non-hydrogen) atoms. The molecule has 3 heterocycles. The predicted molar refractivity (Wildman–Crippen MR) is 97.0 cm³/mol. The minimum atomic E-state index is -0.520. The summed E-state index contributed by atoms with van der Waals surface area (Å²) in [6.45, 7) is 2.48. The lowest BCUT2D eigenvalue weighted by Gasteiger charge is -2.19. The van der Waals surface area contributed by atoms with Crippen molar-refractivity contribution in [3.8, 4) is 5.75 Å². The Morgan fingerprint density at radius 3 is 3.08 bits per heavy atom. The van der Waals surface area contributed by atoms with Crippen molar-refractivity contribution in [1.82, 2.24) is 14.7 Å². The molecule has 1 unspecified atom stereocenters. The van der Waals surface area contributed by atoms with E-state index in [4.69, 9.17) is 10.5 Å². The molecular weight excluding hydrogens is 332 g/mol. The van der Waals surface area contributed by atoms with Crippen LogP contribution in [0.2, 0.25) is 0 Å². The van der Waals surface area contributed by atoms with Gasteiger partial charge in [-0.1, -0.05) is 25.5 Å². The number of benzene rings is 1. The van der Waals surface area contributed by atoms with Crippen LogP contribution in [-0.2, 0) is 4.79 Å². The highest BCUT2D eigenvalue weighted by Gasteiger charge is 2.31. The number of carbonyl (C=O) groups excluding carboxylic acids is 2. The molecule has 2 aromatic heterocycles. The lowest BCUT2D eigenvalue weighted by atomic mass is 9.98. The average Bonchev–Trinajstić information content (AvgIpc) is 3.25. The van der Waals surface area contributed by atoms with Crippen LogP contribution in [0.25, 0.3) is 16.6 Å². The number of pyridine rings is 1. The number of hydrogen-bond acceptors (Lipinski definition) is 4. The number of amides is 2. The van der Waals surface area contributed by atoms with E-state index in [9.17, 15) is 9.59 Å². The molecular formula is C19H20N4O3. The van der Waals surface area contributed by atoms with Crippen molar-refractivity contribution < 1.29 is 14.3 Å². The molecule has 1 fully saturated rings. The minimum Gasteiger partial charge on any atom is -0.489 e. The number of ether oxygens (including phenoxy) is 1. The molecule has 3 aromatic rings. The van der Waals surface area contributed by atoms with Crippen molar-refractivity contribution in [2.24, 2.45) is 11.7 Å². The summed E-state index contributed by atoms with van der Waals surface area (Å²) in [5.74, 6) is 0.519. The first-order valence-electron chi connectivity index (χ1n) is 8.69. The van der Waals surface area contributed by atoms with Gasteiger partial charge >= 0.3 is 0 Å². The maximum Gasteiger partial charge on any atom is 0.252 e. The fourth-order valence-corrected chi connectivity index (χ4v) is 3.66. The van der Waals surface area contributed by atoms with Gasteiger partial charge in [-0.2, -0.15) is 0 Å². The van der Waals surface area contributed by atoms with Gasteiger partial charge in [0, 0.05) is 24.2 Å². The number of primary amides is 1. The largest absolute Gasteiger partial charge is 0.489 e. The molecule has 7 heteroatoms. The zero-order valence-electron chi connectivity index (χ0n) is 14.4. The quantitative estimate of drug-likeness (QED) is 0.732. The van der Waals surface area contributed by atoms with Gasteiger partial charge in [-0.25, -0.2) is 4.98 Å². The van der Waals surface area contributed by atoms with Gasteiger partial charge in [-0.3, -0.25) is 14.0 Å². The van der Waals surface area contributed by atoms with Gasteiger partial charge in [0.15, 0.2) is 0 Å². The van der Waals surface area contributed by atoms with E-state index in [1.54, 1.807) is 18.5 Å². The number of fused-ring (bicyclic) bond motifs is 3. The number of aromatic nitrogens is 2. The lowest BCUT2D eigenvalue weighted by Crippen LogP contribution is -2.34. The molecule has 2 atom stereocenters. The Bertz CT molecular complexity index is 1010. The molecule has 0 aliphatic carbocycles. The number of nitrogens with zero attached hydrogens (tertiary/aromatic N) is 2. The third-order valence-corrected chi connectivity index (χ3v) is 5.02. The smallest absolute Gasteiger partial charge is 0.252 e. The number of hydrogen-bond donors (Lipinski definition) is 2. The molecule has 2 amide bonds. The third-order valence-electron chi connectivity index (χ3n) is 5.02. The van der Waals surface area contributed by atoms with Gasteiger partial charge in [0.2, 0.25) is 5.91 Å². The molecule has 1 aliphatic heterocycles. The van der Waals surface area contributed by atoms with Crippen LogP contribution in [0.1, 0.15) is 30.1 Å². The van der Waals surface area contributed by atoms with Crippen LogP contribution in [0.15, 0.2) is 36.7 Å². The first-order valence-corrected chi connectivity index (χ1v) is 8.69. The molecule has 0 saturated carbocycles. The topological polar surface area (TPSA) is 98.7 Å². The Labute approximate surface area is 150 Å². The van der Waals surface area contributed by atoms with Crippen molar-refractivity contribution in [1.29, 1.82) is 0 Å². The van der Waals surface area contributed by atoms with E-state index >= 15 is 0 Å². The van der Waals surface area contributed by atoms with E-state index in [-0.39, 0.29) is 17.9 Å². The summed E-state index contributed by atoms with van der Waals surface area (Å²) in [7, 11) is 0. The Morgan fingerprint density at radius 1 is 1.46 bits per heavy atom. The fourth-order valence-electron chi connectivity index (χ4n) is 3.66. The molecule has 7 nitrogen and oxygen atoms in total. The minimum absolute atomic E-state index is 0.00549. The molecule has 1 aromatic carbocycles. The molecule has 0 radical (unpaired) electrons. The first-order chi connectivity index (χ1) is 12.6. The zero-order valence-corrected chi connectivity index (χ0v) is 14.4. The maximum absolute atomic E-state index is 11.7. The van der Waals surface area contributed by atoms with E-state index in [1.807, 2.05) is 22.6 Å². The van der Waals surface area contributed by atoms with Crippen LogP contribution >= 0.6 is 0 Å². The highest BCUT2D eigenvalue weighted by atomic mass is 16.5. The molecule has 3 N–H and O–H groups in total. The van der Waals surface area contributed by atoms with Crippen LogP contribution in [0, 0.1) is 5.92 Å². The number of para-hydroxylation sites is 1. The molecule has 0 spiro atoms.